The molecular formula is C24H54N2O+2. The lowest BCUT2D eigenvalue weighted by molar-refractivity contribution is -0.972. The fraction of sp³-hybridized carbons (Fsp3) is 1.00. The van der Waals surface area contributed by atoms with Crippen molar-refractivity contribution in [2.24, 2.45) is 11.8 Å². The Morgan fingerprint density at radius 3 is 1.41 bits per heavy atom. The van der Waals surface area contributed by atoms with E-state index in [1.54, 1.807) is 0 Å². The molecule has 0 N–H and O–H groups in total. The van der Waals surface area contributed by atoms with Crippen LogP contribution in [0, 0.1) is 11.8 Å². The SMILES string of the molecule is CC[N+](CC)(CC)CC(C)C(C)(C)OCC(C)C(C)(C)[N+](CC)(CC)CC. The molecule has 3 nitrogen and oxygen atoms in total. The maximum absolute atomic E-state index is 6.63. The second-order valence-corrected chi connectivity index (χ2v) is 9.94. The Kier molecular flexibility index (Phi) is 10.6. The lowest BCUT2D eigenvalue weighted by atomic mass is 9.84. The topological polar surface area (TPSA) is 9.23 Å². The summed E-state index contributed by atoms with van der Waals surface area (Å²) in [5.41, 5.74) is 0.126. The Balaban J connectivity index is 5.16. The summed E-state index contributed by atoms with van der Waals surface area (Å²) < 4.78 is 8.98. The molecule has 2 unspecified atom stereocenters. The van der Waals surface area contributed by atoms with Crippen molar-refractivity contribution in [1.29, 1.82) is 0 Å². The maximum atomic E-state index is 6.63. The molecule has 0 aliphatic carbocycles. The maximum Gasteiger partial charge on any atom is 0.0983 e. The van der Waals surface area contributed by atoms with Crippen molar-refractivity contribution in [3.05, 3.63) is 0 Å². The Hall–Kier alpha value is -0.120. The van der Waals surface area contributed by atoms with Gasteiger partial charge in [0, 0.05) is 11.8 Å². The number of hydrogen-bond acceptors (Lipinski definition) is 1. The van der Waals surface area contributed by atoms with E-state index in [1.807, 2.05) is 0 Å². The average molecular weight is 387 g/mol. The van der Waals surface area contributed by atoms with Crippen LogP contribution in [0.25, 0.3) is 0 Å². The summed E-state index contributed by atoms with van der Waals surface area (Å²) in [7, 11) is 0. The minimum atomic E-state index is -0.0896. The molecule has 0 fully saturated rings. The van der Waals surface area contributed by atoms with Crippen molar-refractivity contribution < 1.29 is 13.7 Å². The van der Waals surface area contributed by atoms with Crippen molar-refractivity contribution in [2.45, 2.75) is 94.2 Å². The summed E-state index contributed by atoms with van der Waals surface area (Å²) >= 11 is 0. The summed E-state index contributed by atoms with van der Waals surface area (Å²) in [5, 5.41) is 0. The lowest BCUT2D eigenvalue weighted by Gasteiger charge is -2.52. The Morgan fingerprint density at radius 1 is 0.667 bits per heavy atom. The van der Waals surface area contributed by atoms with E-state index in [9.17, 15) is 0 Å². The van der Waals surface area contributed by atoms with Crippen LogP contribution in [0.5, 0.6) is 0 Å². The molecule has 0 aromatic heterocycles. The van der Waals surface area contributed by atoms with Crippen molar-refractivity contribution in [1.82, 2.24) is 0 Å². The normalized spacial score (nSPS) is 16.4. The largest absolute Gasteiger partial charge is 0.375 e. The van der Waals surface area contributed by atoms with Gasteiger partial charge in [-0.25, -0.2) is 0 Å². The van der Waals surface area contributed by atoms with E-state index in [0.29, 0.717) is 11.8 Å². The van der Waals surface area contributed by atoms with Crippen LogP contribution in [0.2, 0.25) is 0 Å². The lowest BCUT2D eigenvalue weighted by Crippen LogP contribution is -2.65. The first-order chi connectivity index (χ1) is 12.4. The minimum absolute atomic E-state index is 0.0896. The van der Waals surface area contributed by atoms with E-state index in [-0.39, 0.29) is 11.1 Å². The van der Waals surface area contributed by atoms with Gasteiger partial charge in [0.15, 0.2) is 0 Å². The average Bonchev–Trinajstić information content (AvgIpc) is 2.65. The van der Waals surface area contributed by atoms with Crippen LogP contribution in [-0.4, -0.2) is 72.5 Å². The first-order valence-corrected chi connectivity index (χ1v) is 11.7. The summed E-state index contributed by atoms with van der Waals surface area (Å²) in [6, 6.07) is 0. The predicted octanol–water partition coefficient (Wildman–Crippen LogP) is 5.59. The van der Waals surface area contributed by atoms with Gasteiger partial charge in [-0.05, 0) is 69.2 Å². The Bertz CT molecular complexity index is 392. The molecule has 3 heteroatoms. The van der Waals surface area contributed by atoms with Gasteiger partial charge in [0.1, 0.15) is 0 Å². The fourth-order valence-corrected chi connectivity index (χ4v) is 4.91. The molecule has 0 aliphatic rings. The molecule has 0 rings (SSSR count). The molecule has 0 radical (unpaired) electrons. The van der Waals surface area contributed by atoms with Crippen molar-refractivity contribution in [2.75, 3.05) is 52.4 Å². The highest BCUT2D eigenvalue weighted by molar-refractivity contribution is 4.81. The zero-order valence-electron chi connectivity index (χ0n) is 21.1. The number of hydrogen-bond donors (Lipinski definition) is 0. The highest BCUT2D eigenvalue weighted by Crippen LogP contribution is 2.34. The van der Waals surface area contributed by atoms with Gasteiger partial charge in [-0.1, -0.05) is 13.8 Å². The number of quaternary nitrogens is 2. The quantitative estimate of drug-likeness (QED) is 0.354. The van der Waals surface area contributed by atoms with Gasteiger partial charge in [-0.3, -0.25) is 0 Å². The molecule has 164 valence electrons. The van der Waals surface area contributed by atoms with Crippen LogP contribution in [0.1, 0.15) is 83.1 Å². The van der Waals surface area contributed by atoms with Crippen molar-refractivity contribution in [3.63, 3.8) is 0 Å². The van der Waals surface area contributed by atoms with Crippen molar-refractivity contribution >= 4 is 0 Å². The third-order valence-corrected chi connectivity index (χ3v) is 8.81. The summed E-state index contributed by atoms with van der Waals surface area (Å²) in [4.78, 5) is 0. The van der Waals surface area contributed by atoms with Crippen LogP contribution in [0.3, 0.4) is 0 Å². The summed E-state index contributed by atoms with van der Waals surface area (Å²) in [6.45, 7) is 37.5. The number of nitrogens with zero attached hydrogens (tertiary/aromatic N) is 2. The van der Waals surface area contributed by atoms with Gasteiger partial charge in [0.25, 0.3) is 0 Å². The fourth-order valence-electron chi connectivity index (χ4n) is 4.91. The number of rotatable bonds is 14. The third-order valence-electron chi connectivity index (χ3n) is 8.81. The predicted molar refractivity (Wildman–Crippen MR) is 121 cm³/mol. The number of ether oxygens (including phenoxy) is 1. The van der Waals surface area contributed by atoms with E-state index >= 15 is 0 Å². The summed E-state index contributed by atoms with van der Waals surface area (Å²) in [5.74, 6) is 1.06. The van der Waals surface area contributed by atoms with Gasteiger partial charge in [-0.2, -0.15) is 0 Å². The summed E-state index contributed by atoms with van der Waals surface area (Å²) in [6.07, 6.45) is 0. The minimum Gasteiger partial charge on any atom is -0.375 e. The molecule has 0 aromatic carbocycles. The van der Waals surface area contributed by atoms with Crippen LogP contribution in [0.4, 0.5) is 0 Å². The first kappa shape index (κ1) is 26.9. The van der Waals surface area contributed by atoms with E-state index in [2.05, 4.69) is 83.1 Å². The van der Waals surface area contributed by atoms with Gasteiger partial charge in [-0.15, -0.1) is 0 Å². The molecule has 2 atom stereocenters. The molecule has 0 aromatic rings. The Morgan fingerprint density at radius 2 is 1.07 bits per heavy atom. The van der Waals surface area contributed by atoms with E-state index in [0.717, 1.165) is 11.1 Å². The smallest absolute Gasteiger partial charge is 0.0983 e. The third kappa shape index (κ3) is 5.93. The molecular weight excluding hydrogens is 332 g/mol. The van der Waals surface area contributed by atoms with Crippen LogP contribution in [0.15, 0.2) is 0 Å². The van der Waals surface area contributed by atoms with Gasteiger partial charge in [0.05, 0.1) is 63.6 Å². The second kappa shape index (κ2) is 10.6. The molecule has 0 saturated heterocycles. The van der Waals surface area contributed by atoms with Gasteiger partial charge >= 0.3 is 0 Å². The van der Waals surface area contributed by atoms with Crippen LogP contribution < -0.4 is 0 Å². The molecule has 0 heterocycles. The Labute approximate surface area is 172 Å². The molecule has 0 bridgehead atoms. The molecule has 0 amide bonds. The molecule has 27 heavy (non-hydrogen) atoms. The monoisotopic (exact) mass is 386 g/mol. The van der Waals surface area contributed by atoms with Gasteiger partial charge in [0.2, 0.25) is 0 Å². The van der Waals surface area contributed by atoms with E-state index in [4.69, 9.17) is 4.74 Å². The standard InChI is InChI=1S/C24H54N2O/c1-13-25(14-2,15-3)19-21(7)24(11,12)27-20-22(8)23(9,10)26(16-4,17-5)18-6/h21-22H,13-20H2,1-12H3/q+2. The second-order valence-electron chi connectivity index (χ2n) is 9.94. The van der Waals surface area contributed by atoms with Crippen LogP contribution in [-0.2, 0) is 4.74 Å². The van der Waals surface area contributed by atoms with E-state index in [1.165, 1.54) is 50.3 Å². The molecule has 0 spiro atoms. The van der Waals surface area contributed by atoms with E-state index < -0.39 is 0 Å². The van der Waals surface area contributed by atoms with Crippen molar-refractivity contribution in [3.8, 4) is 0 Å². The molecule has 0 aliphatic heterocycles. The van der Waals surface area contributed by atoms with Crippen LogP contribution >= 0.6 is 0 Å². The zero-order valence-corrected chi connectivity index (χ0v) is 21.1. The molecule has 0 saturated carbocycles. The van der Waals surface area contributed by atoms with Gasteiger partial charge < -0.3 is 13.7 Å². The zero-order chi connectivity index (χ0) is 21.5. The first-order valence-electron chi connectivity index (χ1n) is 11.7. The highest BCUT2D eigenvalue weighted by atomic mass is 16.5. The highest BCUT2D eigenvalue weighted by Gasteiger charge is 2.45.